The number of thioether (sulfide) groups is 1. The van der Waals surface area contributed by atoms with Gasteiger partial charge in [0.2, 0.25) is 5.91 Å². The zero-order chi connectivity index (χ0) is 26.8. The Hall–Kier alpha value is -2.30. The Morgan fingerprint density at radius 2 is 1.68 bits per heavy atom. The molecule has 1 saturated carbocycles. The highest BCUT2D eigenvalue weighted by Crippen LogP contribution is 2.37. The molecule has 11 heteroatoms. The van der Waals surface area contributed by atoms with Gasteiger partial charge in [-0.1, -0.05) is 30.9 Å². The summed E-state index contributed by atoms with van der Waals surface area (Å²) in [5, 5.41) is 3.88. The van der Waals surface area contributed by atoms with Crippen LogP contribution in [0, 0.1) is 0 Å². The molecule has 0 unspecified atom stereocenters. The Bertz CT molecular complexity index is 1160. The van der Waals surface area contributed by atoms with Gasteiger partial charge in [0.05, 0.1) is 31.9 Å². The molecule has 0 saturated heterocycles. The van der Waals surface area contributed by atoms with Gasteiger partial charge in [0.1, 0.15) is 12.3 Å². The minimum absolute atomic E-state index is 0.0659. The first-order valence-electron chi connectivity index (χ1n) is 12.3. The van der Waals surface area contributed by atoms with Crippen molar-refractivity contribution in [1.82, 2.24) is 5.32 Å². The Labute approximate surface area is 229 Å². The van der Waals surface area contributed by atoms with E-state index in [0.717, 1.165) is 16.5 Å². The van der Waals surface area contributed by atoms with Crippen molar-refractivity contribution in [3.8, 4) is 17.2 Å². The first-order chi connectivity index (χ1) is 17.8. The number of carbonyl (C=O) groups excluding carboxylic acids is 1. The van der Waals surface area contributed by atoms with Gasteiger partial charge < -0.3 is 19.5 Å². The van der Waals surface area contributed by atoms with E-state index in [-0.39, 0.29) is 22.1 Å². The molecule has 0 radical (unpaired) electrons. The number of methoxy groups -OCH3 is 3. The Balaban J connectivity index is 1.78. The van der Waals surface area contributed by atoms with Crippen LogP contribution in [0.5, 0.6) is 17.2 Å². The van der Waals surface area contributed by atoms with Gasteiger partial charge in [0.15, 0.2) is 11.5 Å². The first kappa shape index (κ1) is 29.3. The quantitative estimate of drug-likeness (QED) is 0.333. The van der Waals surface area contributed by atoms with Gasteiger partial charge in [-0.3, -0.25) is 9.10 Å². The third-order valence-electron chi connectivity index (χ3n) is 6.19. The topological polar surface area (TPSA) is 94.2 Å². The lowest BCUT2D eigenvalue weighted by Crippen LogP contribution is -2.41. The highest BCUT2D eigenvalue weighted by molar-refractivity contribution is 7.99. The summed E-state index contributed by atoms with van der Waals surface area (Å²) < 4.78 is 44.6. The summed E-state index contributed by atoms with van der Waals surface area (Å²) in [5.41, 5.74) is 0.160. The maximum Gasteiger partial charge on any atom is 0.265 e. The number of anilines is 1. The van der Waals surface area contributed by atoms with E-state index < -0.39 is 22.5 Å². The lowest BCUT2D eigenvalue weighted by atomic mass is 10.0. The zero-order valence-electron chi connectivity index (χ0n) is 21.5. The molecule has 0 aromatic heterocycles. The van der Waals surface area contributed by atoms with E-state index >= 15 is 0 Å². The molecule has 0 heterocycles. The number of benzene rings is 2. The van der Waals surface area contributed by atoms with Crippen molar-refractivity contribution in [2.45, 2.75) is 48.7 Å². The fourth-order valence-corrected chi connectivity index (χ4v) is 7.15. The van der Waals surface area contributed by atoms with Crippen LogP contribution in [-0.2, 0) is 14.8 Å². The van der Waals surface area contributed by atoms with Crippen molar-refractivity contribution >= 4 is 45.0 Å². The second kappa shape index (κ2) is 14.0. The summed E-state index contributed by atoms with van der Waals surface area (Å²) in [6.45, 7) is 0.0264. The lowest BCUT2D eigenvalue weighted by Gasteiger charge is -2.26. The largest absolute Gasteiger partial charge is 0.495 e. The number of halogens is 1. The summed E-state index contributed by atoms with van der Waals surface area (Å²) in [6.07, 6.45) is 7.27. The van der Waals surface area contributed by atoms with Gasteiger partial charge in [-0.15, -0.1) is 0 Å². The first-order valence-corrected chi connectivity index (χ1v) is 15.1. The van der Waals surface area contributed by atoms with Crippen LogP contribution >= 0.6 is 23.4 Å². The van der Waals surface area contributed by atoms with E-state index in [4.69, 9.17) is 25.8 Å². The van der Waals surface area contributed by atoms with Gasteiger partial charge in [-0.2, -0.15) is 11.8 Å². The standard InChI is InChI=1S/C26H35ClN2O6S2/c1-33-23-12-10-19(27)16-22(23)29(37(31,32)21-11-13-24(34-2)25(17-21)35-3)18-26(30)28-14-7-15-36-20-8-5-4-6-9-20/h10-13,16-17,20H,4-9,14-15,18H2,1-3H3,(H,28,30). The van der Waals surface area contributed by atoms with Crippen LogP contribution in [0.15, 0.2) is 41.3 Å². The van der Waals surface area contributed by atoms with E-state index in [1.165, 1.54) is 77.7 Å². The second-order valence-corrected chi connectivity index (χ2v) is 12.4. The van der Waals surface area contributed by atoms with Crippen molar-refractivity contribution in [1.29, 1.82) is 0 Å². The van der Waals surface area contributed by atoms with Crippen molar-refractivity contribution in [3.05, 3.63) is 41.4 Å². The molecule has 1 aliphatic rings. The van der Waals surface area contributed by atoms with Crippen LogP contribution in [0.1, 0.15) is 38.5 Å². The molecule has 8 nitrogen and oxygen atoms in total. The van der Waals surface area contributed by atoms with Gasteiger partial charge >= 0.3 is 0 Å². The molecule has 0 bridgehead atoms. The van der Waals surface area contributed by atoms with Crippen molar-refractivity contribution in [2.75, 3.05) is 44.5 Å². The van der Waals surface area contributed by atoms with Crippen molar-refractivity contribution < 1.29 is 27.4 Å². The molecule has 0 aliphatic heterocycles. The number of hydrogen-bond donors (Lipinski definition) is 1. The molecule has 0 atom stereocenters. The lowest BCUT2D eigenvalue weighted by molar-refractivity contribution is -0.119. The van der Waals surface area contributed by atoms with Crippen molar-refractivity contribution in [3.63, 3.8) is 0 Å². The average molecular weight is 571 g/mol. The SMILES string of the molecule is COc1ccc(S(=O)(=O)N(CC(=O)NCCCSC2CCCCC2)c2cc(Cl)ccc2OC)cc1OC. The van der Waals surface area contributed by atoms with Crippen molar-refractivity contribution in [2.24, 2.45) is 0 Å². The van der Waals surface area contributed by atoms with Gasteiger partial charge in [0, 0.05) is 22.9 Å². The summed E-state index contributed by atoms with van der Waals surface area (Å²) in [6, 6.07) is 8.89. The summed E-state index contributed by atoms with van der Waals surface area (Å²) >= 11 is 8.17. The van der Waals surface area contributed by atoms with Gasteiger partial charge in [0.25, 0.3) is 10.0 Å². The monoisotopic (exact) mass is 570 g/mol. The number of nitrogens with zero attached hydrogens (tertiary/aromatic N) is 1. The summed E-state index contributed by atoms with van der Waals surface area (Å²) in [7, 11) is 0.105. The second-order valence-electron chi connectivity index (χ2n) is 8.68. The summed E-state index contributed by atoms with van der Waals surface area (Å²) in [4.78, 5) is 12.9. The molecule has 1 N–H and O–H groups in total. The van der Waals surface area contributed by atoms with Gasteiger partial charge in [-0.05, 0) is 55.3 Å². The third kappa shape index (κ3) is 7.85. The van der Waals surface area contributed by atoms with Crippen LogP contribution in [0.3, 0.4) is 0 Å². The Morgan fingerprint density at radius 1 is 1.00 bits per heavy atom. The molecule has 1 amide bonds. The predicted octanol–water partition coefficient (Wildman–Crippen LogP) is 5.13. The van der Waals surface area contributed by atoms with Crippen LogP contribution in [0.25, 0.3) is 0 Å². The molecule has 37 heavy (non-hydrogen) atoms. The molecule has 204 valence electrons. The van der Waals surface area contributed by atoms with Gasteiger partial charge in [-0.25, -0.2) is 8.42 Å². The molecule has 3 rings (SSSR count). The summed E-state index contributed by atoms with van der Waals surface area (Å²) in [5.74, 6) is 1.44. The number of carbonyl (C=O) groups is 1. The smallest absolute Gasteiger partial charge is 0.265 e. The molecule has 1 aliphatic carbocycles. The van der Waals surface area contributed by atoms with E-state index in [0.29, 0.717) is 22.6 Å². The molecule has 2 aromatic rings. The number of amides is 1. The fourth-order valence-electron chi connectivity index (χ4n) is 4.23. The van der Waals surface area contributed by atoms with E-state index in [1.807, 2.05) is 11.8 Å². The van der Waals surface area contributed by atoms with Crippen LogP contribution < -0.4 is 23.8 Å². The average Bonchev–Trinajstić information content (AvgIpc) is 2.91. The number of hydrogen-bond acceptors (Lipinski definition) is 7. The van der Waals surface area contributed by atoms with Crippen LogP contribution in [0.2, 0.25) is 5.02 Å². The molecule has 2 aromatic carbocycles. The maximum atomic E-state index is 13.8. The van der Waals surface area contributed by atoms with E-state index in [1.54, 1.807) is 12.1 Å². The Morgan fingerprint density at radius 3 is 2.35 bits per heavy atom. The zero-order valence-corrected chi connectivity index (χ0v) is 23.9. The highest BCUT2D eigenvalue weighted by atomic mass is 35.5. The van der Waals surface area contributed by atoms with Crippen LogP contribution in [-0.4, -0.2) is 59.7 Å². The number of sulfonamides is 1. The number of nitrogens with one attached hydrogen (secondary N) is 1. The molecular weight excluding hydrogens is 536 g/mol. The normalized spacial score (nSPS) is 14.2. The van der Waals surface area contributed by atoms with Crippen LogP contribution in [0.4, 0.5) is 5.69 Å². The van der Waals surface area contributed by atoms with E-state index in [2.05, 4.69) is 5.32 Å². The maximum absolute atomic E-state index is 13.8. The molecule has 1 fully saturated rings. The molecular formula is C26H35ClN2O6S2. The van der Waals surface area contributed by atoms with E-state index in [9.17, 15) is 13.2 Å². The highest BCUT2D eigenvalue weighted by Gasteiger charge is 2.30. The molecule has 0 spiro atoms. The number of rotatable bonds is 13. The third-order valence-corrected chi connectivity index (χ3v) is 9.65. The fraction of sp³-hybridized carbons (Fsp3) is 0.500. The Kier molecular flexibility index (Phi) is 11.1. The predicted molar refractivity (Wildman–Crippen MR) is 149 cm³/mol. The number of ether oxygens (including phenoxy) is 3. The minimum Gasteiger partial charge on any atom is -0.495 e. The minimum atomic E-state index is -4.21.